The van der Waals surface area contributed by atoms with Gasteiger partial charge in [-0.25, -0.2) is 0 Å². The Kier molecular flexibility index (Phi) is 6.20. The quantitative estimate of drug-likeness (QED) is 0.386. The highest BCUT2D eigenvalue weighted by Gasteiger charge is 2.37. The summed E-state index contributed by atoms with van der Waals surface area (Å²) in [5.41, 5.74) is 1.84. The molecule has 0 unspecified atom stereocenters. The number of hydrogen-bond acceptors (Lipinski definition) is 4. The van der Waals surface area contributed by atoms with Gasteiger partial charge in [0.1, 0.15) is 11.8 Å². The van der Waals surface area contributed by atoms with Crippen molar-refractivity contribution in [3.63, 3.8) is 0 Å². The molecule has 1 aromatic carbocycles. The van der Waals surface area contributed by atoms with Crippen molar-refractivity contribution in [1.82, 2.24) is 20.9 Å². The highest BCUT2D eigenvalue weighted by Crippen LogP contribution is 2.43. The Hall–Kier alpha value is -2.19. The van der Waals surface area contributed by atoms with Gasteiger partial charge in [-0.15, -0.1) is 0 Å². The third kappa shape index (κ3) is 4.62. The van der Waals surface area contributed by atoms with E-state index in [2.05, 4.69) is 20.9 Å². The van der Waals surface area contributed by atoms with Crippen molar-refractivity contribution in [3.05, 3.63) is 36.0 Å². The van der Waals surface area contributed by atoms with Gasteiger partial charge in [-0.05, 0) is 30.9 Å². The van der Waals surface area contributed by atoms with Crippen LogP contribution in [0.3, 0.4) is 0 Å². The van der Waals surface area contributed by atoms with Crippen molar-refractivity contribution in [1.29, 1.82) is 0 Å². The van der Waals surface area contributed by atoms with Crippen LogP contribution < -0.4 is 16.0 Å². The van der Waals surface area contributed by atoms with Crippen molar-refractivity contribution in [2.75, 3.05) is 7.05 Å². The van der Waals surface area contributed by atoms with Gasteiger partial charge in [0.25, 0.3) is 0 Å². The number of H-pyrrole nitrogens is 1. The van der Waals surface area contributed by atoms with E-state index in [-0.39, 0.29) is 5.91 Å². The Labute approximate surface area is 162 Å². The number of amides is 2. The molecule has 3 rings (SSSR count). The standard InChI is InChI=1S/C18H25N4O5P/c1-19-17(23)15(9-11-10-20-13-6-3-2-5-12(11)13)22-18(24)14-7-4-8-16(21-14)28(25,26)27/h2-3,5-6,10,14-16,20-21H,4,7-9H2,1H3,(H,19,23)(H,22,24)(H2,25,26,27)/t14-,15+,16+/m1/s1. The van der Waals surface area contributed by atoms with E-state index >= 15 is 0 Å². The molecule has 2 aromatic rings. The molecule has 0 radical (unpaired) electrons. The summed E-state index contributed by atoms with van der Waals surface area (Å²) in [4.78, 5) is 46.9. The third-order valence-corrected chi connectivity index (χ3v) is 6.28. The van der Waals surface area contributed by atoms with E-state index in [0.717, 1.165) is 16.5 Å². The van der Waals surface area contributed by atoms with Crippen molar-refractivity contribution >= 4 is 30.3 Å². The summed E-state index contributed by atoms with van der Waals surface area (Å²) in [5.74, 6) is -1.81. The average Bonchev–Trinajstić information content (AvgIpc) is 3.09. The van der Waals surface area contributed by atoms with E-state index in [1.165, 1.54) is 7.05 Å². The van der Waals surface area contributed by atoms with Crippen molar-refractivity contribution < 1.29 is 23.9 Å². The van der Waals surface area contributed by atoms with Crippen molar-refractivity contribution in [2.45, 2.75) is 43.5 Å². The summed E-state index contributed by atoms with van der Waals surface area (Å²) in [6, 6.07) is 6.14. The smallest absolute Gasteiger partial charge is 0.342 e. The number of aromatic nitrogens is 1. The summed E-state index contributed by atoms with van der Waals surface area (Å²) in [6.45, 7) is 0. The molecule has 10 heteroatoms. The number of carbonyl (C=O) groups excluding carboxylic acids is 2. The second-order valence-electron chi connectivity index (χ2n) is 6.99. The van der Waals surface area contributed by atoms with Crippen molar-refractivity contribution in [3.8, 4) is 0 Å². The van der Waals surface area contributed by atoms with Crippen LogP contribution in [0.25, 0.3) is 10.9 Å². The zero-order chi connectivity index (χ0) is 20.3. The molecule has 6 N–H and O–H groups in total. The summed E-state index contributed by atoms with van der Waals surface area (Å²) in [5, 5.41) is 9.00. The first-order chi connectivity index (χ1) is 13.3. The van der Waals surface area contributed by atoms with E-state index in [9.17, 15) is 23.9 Å². The van der Waals surface area contributed by atoms with Gasteiger partial charge in [0.05, 0.1) is 6.04 Å². The molecule has 2 amide bonds. The molecule has 0 spiro atoms. The summed E-state index contributed by atoms with van der Waals surface area (Å²) >= 11 is 0. The normalized spacial score (nSPS) is 21.2. The molecule has 152 valence electrons. The number of piperidine rings is 1. The van der Waals surface area contributed by atoms with Gasteiger partial charge in [-0.1, -0.05) is 18.2 Å². The zero-order valence-electron chi connectivity index (χ0n) is 15.5. The van der Waals surface area contributed by atoms with Crippen LogP contribution in [0.5, 0.6) is 0 Å². The molecule has 1 aliphatic heterocycles. The summed E-state index contributed by atoms with van der Waals surface area (Å²) < 4.78 is 11.5. The predicted octanol–water partition coefficient (Wildman–Crippen LogP) is 0.587. The van der Waals surface area contributed by atoms with Gasteiger partial charge in [0.2, 0.25) is 11.8 Å². The number of benzene rings is 1. The number of aromatic amines is 1. The monoisotopic (exact) mass is 408 g/mol. The molecule has 1 aliphatic rings. The summed E-state index contributed by atoms with van der Waals surface area (Å²) in [7, 11) is -2.83. The Morgan fingerprint density at radius 2 is 2.04 bits per heavy atom. The van der Waals surface area contributed by atoms with E-state index in [1.54, 1.807) is 0 Å². The van der Waals surface area contributed by atoms with Crippen LogP contribution in [0.4, 0.5) is 0 Å². The second kappa shape index (κ2) is 8.45. The Balaban J connectivity index is 1.73. The predicted molar refractivity (Wildman–Crippen MR) is 105 cm³/mol. The largest absolute Gasteiger partial charge is 0.361 e. The zero-order valence-corrected chi connectivity index (χ0v) is 16.4. The molecule has 1 saturated heterocycles. The van der Waals surface area contributed by atoms with Gasteiger partial charge in [0, 0.05) is 30.6 Å². The maximum absolute atomic E-state index is 12.7. The first-order valence-corrected chi connectivity index (χ1v) is 10.9. The molecule has 0 saturated carbocycles. The number of likely N-dealkylation sites (N-methyl/N-ethyl adjacent to an activating group) is 1. The molecule has 0 bridgehead atoms. The Morgan fingerprint density at radius 1 is 1.29 bits per heavy atom. The number of rotatable bonds is 6. The fourth-order valence-electron chi connectivity index (χ4n) is 3.56. The molecule has 1 fully saturated rings. The van der Waals surface area contributed by atoms with Crippen LogP contribution in [0, 0.1) is 0 Å². The number of nitrogens with one attached hydrogen (secondary N) is 4. The number of fused-ring (bicyclic) bond motifs is 1. The van der Waals surface area contributed by atoms with Crippen molar-refractivity contribution in [2.24, 2.45) is 0 Å². The first-order valence-electron chi connectivity index (χ1n) is 9.18. The lowest BCUT2D eigenvalue weighted by atomic mass is 10.0. The highest BCUT2D eigenvalue weighted by molar-refractivity contribution is 7.52. The lowest BCUT2D eigenvalue weighted by Crippen LogP contribution is -2.56. The maximum Gasteiger partial charge on any atom is 0.342 e. The van der Waals surface area contributed by atoms with Gasteiger partial charge >= 0.3 is 7.60 Å². The molecule has 28 heavy (non-hydrogen) atoms. The average molecular weight is 408 g/mol. The second-order valence-corrected chi connectivity index (χ2v) is 8.80. The molecule has 0 aliphatic carbocycles. The van der Waals surface area contributed by atoms with Crippen LogP contribution in [-0.4, -0.2) is 51.5 Å². The van der Waals surface area contributed by atoms with Crippen LogP contribution in [-0.2, 0) is 20.6 Å². The Bertz CT molecular complexity index is 908. The van der Waals surface area contributed by atoms with Gasteiger partial charge in [-0.3, -0.25) is 19.5 Å². The highest BCUT2D eigenvalue weighted by atomic mass is 31.2. The molecular weight excluding hydrogens is 383 g/mol. The van der Waals surface area contributed by atoms with E-state index in [4.69, 9.17) is 0 Å². The summed E-state index contributed by atoms with van der Waals surface area (Å²) in [6.07, 6.45) is 3.39. The van der Waals surface area contributed by atoms with Gasteiger partial charge in [0.15, 0.2) is 0 Å². The minimum Gasteiger partial charge on any atom is -0.361 e. The van der Waals surface area contributed by atoms with Crippen LogP contribution in [0.15, 0.2) is 30.5 Å². The molecule has 2 heterocycles. The number of carbonyl (C=O) groups is 2. The molecule has 3 atom stereocenters. The van der Waals surface area contributed by atoms with Gasteiger partial charge < -0.3 is 25.4 Å². The maximum atomic E-state index is 12.7. The number of para-hydroxylation sites is 1. The minimum atomic E-state index is -4.33. The van der Waals surface area contributed by atoms with Crippen LogP contribution in [0.2, 0.25) is 0 Å². The van der Waals surface area contributed by atoms with Gasteiger partial charge in [-0.2, -0.15) is 0 Å². The SMILES string of the molecule is CNC(=O)[C@H](Cc1c[nH]c2ccccc12)NC(=O)[C@H]1CCC[C@H](P(=O)(O)O)N1. The topological polar surface area (TPSA) is 144 Å². The minimum absolute atomic E-state index is 0.296. The lowest BCUT2D eigenvalue weighted by molar-refractivity contribution is -0.130. The third-order valence-electron chi connectivity index (χ3n) is 5.06. The molecule has 1 aromatic heterocycles. The van der Waals surface area contributed by atoms with Crippen LogP contribution in [0.1, 0.15) is 24.8 Å². The van der Waals surface area contributed by atoms with E-state index < -0.39 is 31.4 Å². The van der Waals surface area contributed by atoms with E-state index in [0.29, 0.717) is 25.7 Å². The fraction of sp³-hybridized carbons (Fsp3) is 0.444. The first kappa shape index (κ1) is 20.5. The number of hydrogen-bond donors (Lipinski definition) is 6. The van der Waals surface area contributed by atoms with Crippen LogP contribution >= 0.6 is 7.60 Å². The molecule has 9 nitrogen and oxygen atoms in total. The fourth-order valence-corrected chi connectivity index (χ4v) is 4.46. The van der Waals surface area contributed by atoms with E-state index in [1.807, 2.05) is 30.5 Å². The molecular formula is C18H25N4O5P. The lowest BCUT2D eigenvalue weighted by Gasteiger charge is -2.31. The Morgan fingerprint density at radius 3 is 2.75 bits per heavy atom.